The molecule has 0 unspecified atom stereocenters. The van der Waals surface area contributed by atoms with Crippen molar-refractivity contribution in [2.75, 3.05) is 38.2 Å². The summed E-state index contributed by atoms with van der Waals surface area (Å²) in [4.78, 5) is 15.3. The summed E-state index contributed by atoms with van der Waals surface area (Å²) >= 11 is 0. The van der Waals surface area contributed by atoms with Crippen LogP contribution in [0.2, 0.25) is 0 Å². The quantitative estimate of drug-likeness (QED) is 0.258. The molecule has 0 radical (unpaired) electrons. The van der Waals surface area contributed by atoms with Gasteiger partial charge in [0, 0.05) is 25.7 Å². The molecule has 3 aromatic rings. The Morgan fingerprint density at radius 3 is 2.50 bits per heavy atom. The molecular weight excluding hydrogens is 510 g/mol. The van der Waals surface area contributed by atoms with Crippen LogP contribution in [0.25, 0.3) is 0 Å². The third kappa shape index (κ3) is 7.11. The second kappa shape index (κ2) is 11.7. The van der Waals surface area contributed by atoms with Crippen LogP contribution in [0, 0.1) is 17.9 Å². The number of amides is 1. The van der Waals surface area contributed by atoms with Crippen molar-refractivity contribution in [3.63, 3.8) is 0 Å². The second-order valence-electron chi connectivity index (χ2n) is 8.58. The number of anilines is 1. The van der Waals surface area contributed by atoms with E-state index < -0.39 is 29.4 Å². The Kier molecular flexibility index (Phi) is 8.32. The minimum absolute atomic E-state index is 0.0630. The van der Waals surface area contributed by atoms with Crippen molar-refractivity contribution >= 4 is 11.6 Å². The van der Waals surface area contributed by atoms with E-state index in [4.69, 9.17) is 9.47 Å². The lowest BCUT2D eigenvalue weighted by atomic mass is 9.99. The first-order chi connectivity index (χ1) is 18.1. The standard InChI is InChI=1S/C26H25F4N3O5/c1-17-18(8-10-32-11-13-36-14-12-32)15-22(37-20-4-6-21(7-5-20)38-26(28,29)30)23(24(17)27)25(34)31-19-3-2-9-33(35)16-19/h2-7,9,15-16H,8,10-14H2,1H3,(H,31,34). The molecule has 38 heavy (non-hydrogen) atoms. The Morgan fingerprint density at radius 2 is 1.84 bits per heavy atom. The van der Waals surface area contributed by atoms with E-state index in [-0.39, 0.29) is 22.7 Å². The fraction of sp³-hybridized carbons (Fsp3) is 0.308. The number of nitrogens with zero attached hydrogens (tertiary/aromatic N) is 2. The molecule has 0 atom stereocenters. The first-order valence-electron chi connectivity index (χ1n) is 11.7. The van der Waals surface area contributed by atoms with Gasteiger partial charge in [0.1, 0.15) is 34.3 Å². The lowest BCUT2D eigenvalue weighted by Crippen LogP contribution is -2.37. The number of carbonyl (C=O) groups excluding carboxylic acids is 1. The number of nitrogens with one attached hydrogen (secondary N) is 1. The van der Waals surface area contributed by atoms with Crippen LogP contribution < -0.4 is 19.5 Å². The van der Waals surface area contributed by atoms with Gasteiger partial charge in [-0.05, 0) is 60.9 Å². The van der Waals surface area contributed by atoms with Gasteiger partial charge >= 0.3 is 6.36 Å². The second-order valence-corrected chi connectivity index (χ2v) is 8.58. The van der Waals surface area contributed by atoms with Crippen LogP contribution in [-0.2, 0) is 11.2 Å². The third-order valence-corrected chi connectivity index (χ3v) is 5.93. The summed E-state index contributed by atoms with van der Waals surface area (Å²) in [5.74, 6) is -2.19. The van der Waals surface area contributed by atoms with Crippen molar-refractivity contribution in [1.29, 1.82) is 0 Å². The van der Waals surface area contributed by atoms with Crippen molar-refractivity contribution in [3.8, 4) is 17.2 Å². The molecule has 0 bridgehead atoms. The van der Waals surface area contributed by atoms with E-state index in [1.54, 1.807) is 13.0 Å². The van der Waals surface area contributed by atoms with Gasteiger partial charge in [-0.3, -0.25) is 9.69 Å². The van der Waals surface area contributed by atoms with Gasteiger partial charge in [-0.2, -0.15) is 4.73 Å². The molecule has 1 aromatic heterocycles. The summed E-state index contributed by atoms with van der Waals surface area (Å²) in [7, 11) is 0. The van der Waals surface area contributed by atoms with E-state index in [2.05, 4.69) is 15.0 Å². The molecule has 12 heteroatoms. The molecule has 1 fully saturated rings. The maximum atomic E-state index is 15.7. The maximum Gasteiger partial charge on any atom is 0.573 e. The Morgan fingerprint density at radius 1 is 1.16 bits per heavy atom. The van der Waals surface area contributed by atoms with E-state index in [9.17, 15) is 23.2 Å². The van der Waals surface area contributed by atoms with E-state index in [1.807, 2.05) is 0 Å². The molecule has 0 spiro atoms. The third-order valence-electron chi connectivity index (χ3n) is 5.93. The van der Waals surface area contributed by atoms with Gasteiger partial charge in [-0.25, -0.2) is 4.39 Å². The Bertz CT molecular complexity index is 1280. The van der Waals surface area contributed by atoms with Gasteiger partial charge in [-0.1, -0.05) is 0 Å². The Hall–Kier alpha value is -3.90. The SMILES string of the molecule is Cc1c(CCN2CCOCC2)cc(Oc2ccc(OC(F)(F)F)cc2)c(C(=O)Nc2ccc[n+]([O-])c2)c1F. The molecule has 0 aliphatic carbocycles. The van der Waals surface area contributed by atoms with Crippen LogP contribution in [-0.4, -0.2) is 50.0 Å². The zero-order valence-electron chi connectivity index (χ0n) is 20.4. The fourth-order valence-electron chi connectivity index (χ4n) is 3.99. The number of hydrogen-bond donors (Lipinski definition) is 1. The monoisotopic (exact) mass is 535 g/mol. The molecule has 2 aromatic carbocycles. The summed E-state index contributed by atoms with van der Waals surface area (Å²) in [5, 5.41) is 14.1. The minimum Gasteiger partial charge on any atom is -0.619 e. The molecule has 1 saturated heterocycles. The number of morpholine rings is 1. The van der Waals surface area contributed by atoms with Crippen molar-refractivity contribution in [3.05, 3.63) is 82.6 Å². The van der Waals surface area contributed by atoms with Crippen LogP contribution in [0.4, 0.5) is 23.2 Å². The van der Waals surface area contributed by atoms with E-state index in [1.165, 1.54) is 30.5 Å². The lowest BCUT2D eigenvalue weighted by molar-refractivity contribution is -0.604. The van der Waals surface area contributed by atoms with Crippen LogP contribution in [0.5, 0.6) is 17.2 Å². The van der Waals surface area contributed by atoms with Gasteiger partial charge in [-0.15, -0.1) is 13.2 Å². The normalized spacial score (nSPS) is 14.2. The number of alkyl halides is 3. The molecule has 2 heterocycles. The Balaban J connectivity index is 1.64. The average Bonchev–Trinajstić information content (AvgIpc) is 2.86. The molecule has 4 rings (SSSR count). The molecule has 1 aliphatic rings. The highest BCUT2D eigenvalue weighted by Crippen LogP contribution is 2.34. The predicted octanol–water partition coefficient (Wildman–Crippen LogP) is 4.59. The smallest absolute Gasteiger partial charge is 0.573 e. The van der Waals surface area contributed by atoms with Gasteiger partial charge in [0.15, 0.2) is 6.20 Å². The largest absolute Gasteiger partial charge is 0.619 e. The summed E-state index contributed by atoms with van der Waals surface area (Å²) in [6.45, 7) is 4.89. The van der Waals surface area contributed by atoms with Crippen molar-refractivity contribution < 1.29 is 41.3 Å². The summed E-state index contributed by atoms with van der Waals surface area (Å²) in [5.41, 5.74) is 0.599. The highest BCUT2D eigenvalue weighted by atomic mass is 19.4. The topological polar surface area (TPSA) is 87.0 Å². The summed E-state index contributed by atoms with van der Waals surface area (Å²) < 4.78 is 68.7. The van der Waals surface area contributed by atoms with E-state index in [0.717, 1.165) is 31.4 Å². The van der Waals surface area contributed by atoms with Crippen molar-refractivity contribution in [1.82, 2.24) is 4.90 Å². The summed E-state index contributed by atoms with van der Waals surface area (Å²) in [6, 6.07) is 8.95. The van der Waals surface area contributed by atoms with Gasteiger partial charge in [0.2, 0.25) is 6.20 Å². The van der Waals surface area contributed by atoms with Crippen molar-refractivity contribution in [2.45, 2.75) is 19.7 Å². The lowest BCUT2D eigenvalue weighted by Gasteiger charge is -2.27. The number of ether oxygens (including phenoxy) is 3. The van der Waals surface area contributed by atoms with E-state index >= 15 is 4.39 Å². The Labute approximate surface area is 215 Å². The van der Waals surface area contributed by atoms with E-state index in [0.29, 0.717) is 36.5 Å². The number of rotatable bonds is 8. The highest BCUT2D eigenvalue weighted by molar-refractivity contribution is 6.06. The molecular formula is C26H25F4N3O5. The molecule has 0 saturated carbocycles. The van der Waals surface area contributed by atoms with Crippen LogP contribution in [0.1, 0.15) is 21.5 Å². The fourth-order valence-corrected chi connectivity index (χ4v) is 3.99. The number of halogens is 4. The maximum absolute atomic E-state index is 15.7. The minimum atomic E-state index is -4.86. The van der Waals surface area contributed by atoms with Crippen LogP contribution >= 0.6 is 0 Å². The van der Waals surface area contributed by atoms with Gasteiger partial charge < -0.3 is 24.7 Å². The van der Waals surface area contributed by atoms with Crippen molar-refractivity contribution in [2.24, 2.45) is 0 Å². The number of hydrogen-bond acceptors (Lipinski definition) is 6. The van der Waals surface area contributed by atoms with Gasteiger partial charge in [0.25, 0.3) is 5.91 Å². The van der Waals surface area contributed by atoms with Crippen LogP contribution in [0.15, 0.2) is 54.9 Å². The molecule has 202 valence electrons. The zero-order valence-corrected chi connectivity index (χ0v) is 20.4. The number of carbonyl (C=O) groups is 1. The zero-order chi connectivity index (χ0) is 27.3. The number of aromatic nitrogens is 1. The van der Waals surface area contributed by atoms with Gasteiger partial charge in [0.05, 0.1) is 13.2 Å². The molecule has 1 N–H and O–H groups in total. The first kappa shape index (κ1) is 27.1. The van der Waals surface area contributed by atoms with Crippen LogP contribution in [0.3, 0.4) is 0 Å². The summed E-state index contributed by atoms with van der Waals surface area (Å²) in [6.07, 6.45) is -2.05. The molecule has 1 aliphatic heterocycles. The predicted molar refractivity (Wildman–Crippen MR) is 129 cm³/mol. The highest BCUT2D eigenvalue weighted by Gasteiger charge is 2.31. The molecule has 1 amide bonds. The molecule has 8 nitrogen and oxygen atoms in total. The number of benzene rings is 2. The first-order valence-corrected chi connectivity index (χ1v) is 11.7. The average molecular weight is 535 g/mol. The number of pyridine rings is 1.